The number of hydrogen-bond donors (Lipinski definition) is 3. The van der Waals surface area contributed by atoms with Gasteiger partial charge in [-0.1, -0.05) is 30.4 Å². The predicted octanol–water partition coefficient (Wildman–Crippen LogP) is 4.75. The Hall–Kier alpha value is -6.22. The summed E-state index contributed by atoms with van der Waals surface area (Å²) in [6.45, 7) is 8.45. The molecule has 6 rings (SSSR count). The lowest BCUT2D eigenvalue weighted by atomic mass is 10.1. The van der Waals surface area contributed by atoms with Crippen molar-refractivity contribution in [3.05, 3.63) is 85.4 Å². The first kappa shape index (κ1) is 43.4. The van der Waals surface area contributed by atoms with E-state index in [1.54, 1.807) is 34.4 Å². The number of aryl methyl sites for hydroxylation is 4. The minimum atomic E-state index is -0.669. The topological polar surface area (TPSA) is 235 Å². The fraction of sp³-hybridized carbons (Fsp3) is 0.350. The number of amides is 4. The maximum absolute atomic E-state index is 13.8. The van der Waals surface area contributed by atoms with Crippen molar-refractivity contribution in [2.45, 2.75) is 66.5 Å². The van der Waals surface area contributed by atoms with Crippen molar-refractivity contribution in [3.8, 4) is 11.5 Å². The number of nitrogens with zero attached hydrogens (tertiary/aromatic N) is 7. The zero-order valence-electron chi connectivity index (χ0n) is 34.2. The van der Waals surface area contributed by atoms with Gasteiger partial charge in [-0.25, -0.2) is 9.97 Å². The molecule has 0 atom stereocenters. The van der Waals surface area contributed by atoms with E-state index >= 15 is 0 Å². The number of imidazole rings is 1. The van der Waals surface area contributed by atoms with Crippen LogP contribution in [0.2, 0.25) is 0 Å². The van der Waals surface area contributed by atoms with Gasteiger partial charge in [-0.3, -0.25) is 29.2 Å². The van der Waals surface area contributed by atoms with Crippen LogP contribution in [0.15, 0.2) is 47.5 Å². The molecule has 0 spiro atoms. The van der Waals surface area contributed by atoms with Gasteiger partial charge in [-0.15, -0.1) is 11.3 Å². The highest BCUT2D eigenvalue weighted by Gasteiger charge is 2.23. The summed E-state index contributed by atoms with van der Waals surface area (Å²) < 4.78 is 28.4. The molecule has 6 aromatic rings. The number of carbonyl (C=O) groups is 4. The van der Waals surface area contributed by atoms with Crippen LogP contribution in [0, 0.1) is 13.8 Å². The molecule has 4 amide bonds. The van der Waals surface area contributed by atoms with Crippen LogP contribution in [0.25, 0.3) is 21.3 Å². The highest BCUT2D eigenvalue weighted by atomic mass is 32.1. The third kappa shape index (κ3) is 9.15. The van der Waals surface area contributed by atoms with Crippen molar-refractivity contribution in [1.82, 2.24) is 28.9 Å². The normalized spacial score (nSPS) is 12.0. The fourth-order valence-electron chi connectivity index (χ4n) is 6.59. The summed E-state index contributed by atoms with van der Waals surface area (Å²) in [5.74, 6) is -1.37. The van der Waals surface area contributed by atoms with Gasteiger partial charge in [0, 0.05) is 51.4 Å². The van der Waals surface area contributed by atoms with Crippen LogP contribution in [0.5, 0.6) is 11.5 Å². The van der Waals surface area contributed by atoms with Crippen LogP contribution in [-0.4, -0.2) is 86.7 Å². The van der Waals surface area contributed by atoms with Crippen molar-refractivity contribution in [2.75, 3.05) is 33.3 Å². The molecule has 316 valence electrons. The van der Waals surface area contributed by atoms with E-state index in [-0.39, 0.29) is 36.8 Å². The summed E-state index contributed by atoms with van der Waals surface area (Å²) in [6, 6.07) is 7.94. The smallest absolute Gasteiger partial charge is 0.291 e. The number of rotatable bonds is 18. The third-order valence-corrected chi connectivity index (χ3v) is 11.4. The minimum absolute atomic E-state index is 0.168. The van der Waals surface area contributed by atoms with E-state index in [0.29, 0.717) is 78.9 Å². The van der Waals surface area contributed by atoms with E-state index in [9.17, 15) is 19.2 Å². The zero-order valence-corrected chi connectivity index (χ0v) is 35.9. The quantitative estimate of drug-likeness (QED) is 0.0788. The maximum Gasteiger partial charge on any atom is 0.291 e. The Kier molecular flexibility index (Phi) is 13.6. The molecule has 60 heavy (non-hydrogen) atoms. The van der Waals surface area contributed by atoms with Gasteiger partial charge in [0.15, 0.2) is 11.1 Å². The first-order valence-corrected chi connectivity index (χ1v) is 20.5. The van der Waals surface area contributed by atoms with Gasteiger partial charge >= 0.3 is 0 Å². The summed E-state index contributed by atoms with van der Waals surface area (Å²) in [6.07, 6.45) is 4.12. The summed E-state index contributed by atoms with van der Waals surface area (Å²) >= 11 is 2.48. The Bertz CT molecular complexity index is 2700. The van der Waals surface area contributed by atoms with Crippen molar-refractivity contribution in [1.29, 1.82) is 0 Å². The fourth-order valence-corrected chi connectivity index (χ4v) is 8.57. The van der Waals surface area contributed by atoms with Gasteiger partial charge in [0.1, 0.15) is 33.1 Å². The molecule has 5 N–H and O–H groups in total. The number of allylic oxidation sites excluding steroid dienone is 2. The molecule has 0 fully saturated rings. The molecule has 0 bridgehead atoms. The highest BCUT2D eigenvalue weighted by molar-refractivity contribution is 7.16. The van der Waals surface area contributed by atoms with Crippen LogP contribution in [0.1, 0.15) is 77.5 Å². The number of primary amides is 2. The Morgan fingerprint density at radius 2 is 1.57 bits per heavy atom. The van der Waals surface area contributed by atoms with E-state index in [2.05, 4.69) is 25.4 Å². The molecule has 2 aromatic carbocycles. The van der Waals surface area contributed by atoms with Crippen LogP contribution in [0.4, 0.5) is 5.95 Å². The van der Waals surface area contributed by atoms with Crippen molar-refractivity contribution >= 4 is 73.5 Å². The van der Waals surface area contributed by atoms with Crippen molar-refractivity contribution in [2.24, 2.45) is 16.5 Å². The van der Waals surface area contributed by atoms with Crippen LogP contribution in [-0.2, 0) is 35.5 Å². The number of fused-ring (bicyclic) bond motifs is 2. The Morgan fingerprint density at radius 1 is 0.883 bits per heavy atom. The summed E-state index contributed by atoms with van der Waals surface area (Å²) in [5, 5.41) is 8.06. The average Bonchev–Trinajstić information content (AvgIpc) is 3.99. The first-order chi connectivity index (χ1) is 28.8. The number of thiazole rings is 2. The number of benzene rings is 2. The number of nitrogens with one attached hydrogen (secondary N) is 1. The van der Waals surface area contributed by atoms with Gasteiger partial charge in [-0.05, 0) is 57.5 Å². The Balaban J connectivity index is 1.44. The van der Waals surface area contributed by atoms with Gasteiger partial charge < -0.3 is 39.5 Å². The molecule has 0 aliphatic heterocycles. The van der Waals surface area contributed by atoms with Gasteiger partial charge in [0.25, 0.3) is 11.8 Å². The number of aromatic nitrogens is 6. The maximum atomic E-state index is 13.8. The van der Waals surface area contributed by atoms with E-state index in [0.717, 1.165) is 5.01 Å². The summed E-state index contributed by atoms with van der Waals surface area (Å²) in [4.78, 5) is 66.7. The number of methoxy groups -OCH3 is 3. The molecule has 4 heterocycles. The van der Waals surface area contributed by atoms with E-state index in [4.69, 9.17) is 30.4 Å². The standard InChI is InChI=1S/C40H46N10O8S2/c1-8-25-34(59-22(4)43-25)38(54)46-40-49(33-29(58-15-12-31(56-6)57-7)19-24(36(42)52)20-30(33)60-40)14-11-10-13-48-32-26(17-23(35(41)51)18-28(32)55-5)44-39(48)45-37(53)27-16-21(3)47-50(27)9-2/h10-11,16-20,31H,8-9,12-15H2,1-7H3,(H2,41,51)(H2,42,52)(H,44,45,53)/b11-10+,46-40-. The van der Waals surface area contributed by atoms with Crippen molar-refractivity contribution < 1.29 is 38.1 Å². The lowest BCUT2D eigenvalue weighted by Crippen LogP contribution is -2.20. The monoisotopic (exact) mass is 858 g/mol. The molecule has 0 radical (unpaired) electrons. The zero-order chi connectivity index (χ0) is 43.2. The first-order valence-electron chi connectivity index (χ1n) is 18.9. The van der Waals surface area contributed by atoms with E-state index < -0.39 is 29.9 Å². The van der Waals surface area contributed by atoms with Gasteiger partial charge in [0.05, 0.1) is 40.3 Å². The number of hydrogen-bond acceptors (Lipinski definition) is 13. The molecule has 0 saturated carbocycles. The van der Waals surface area contributed by atoms with Gasteiger partial charge in [-0.2, -0.15) is 10.1 Å². The molecule has 0 aliphatic rings. The van der Waals surface area contributed by atoms with E-state index in [1.165, 1.54) is 56.1 Å². The van der Waals surface area contributed by atoms with Crippen molar-refractivity contribution in [3.63, 3.8) is 0 Å². The molecular formula is C40H46N10O8S2. The molecule has 0 saturated heterocycles. The van der Waals surface area contributed by atoms with Crippen LogP contribution in [0.3, 0.4) is 0 Å². The number of ether oxygens (including phenoxy) is 4. The largest absolute Gasteiger partial charge is 0.494 e. The highest BCUT2D eigenvalue weighted by Crippen LogP contribution is 2.33. The van der Waals surface area contributed by atoms with Gasteiger partial charge in [0.2, 0.25) is 17.8 Å². The molecule has 0 unspecified atom stereocenters. The number of nitrogens with two attached hydrogens (primary N) is 2. The SMILES string of the molecule is CCc1nc(C)sc1C(=O)/N=c1\sc2cc(C(N)=O)cc(OCCC(OC)OC)c2n1C/C=C/Cn1c(NC(=O)c2cc(C)nn2CC)nc2cc(C(N)=O)cc(OC)c21. The predicted molar refractivity (Wildman–Crippen MR) is 227 cm³/mol. The molecule has 4 aromatic heterocycles. The number of carbonyl (C=O) groups excluding carboxylic acids is 4. The van der Waals surface area contributed by atoms with Crippen LogP contribution < -0.4 is 31.1 Å². The Labute approximate surface area is 352 Å². The minimum Gasteiger partial charge on any atom is -0.494 e. The Morgan fingerprint density at radius 3 is 2.22 bits per heavy atom. The lowest BCUT2D eigenvalue weighted by Gasteiger charge is -2.15. The average molecular weight is 859 g/mol. The molecule has 18 nitrogen and oxygen atoms in total. The molecular weight excluding hydrogens is 813 g/mol. The van der Waals surface area contributed by atoms with E-state index in [1.807, 2.05) is 37.5 Å². The summed E-state index contributed by atoms with van der Waals surface area (Å²) in [7, 11) is 4.52. The molecule has 20 heteroatoms. The second-order valence-corrected chi connectivity index (χ2v) is 15.6. The third-order valence-electron chi connectivity index (χ3n) is 9.41. The summed E-state index contributed by atoms with van der Waals surface area (Å²) in [5.41, 5.74) is 14.9. The second-order valence-electron chi connectivity index (χ2n) is 13.4. The molecule has 0 aliphatic carbocycles. The number of anilines is 1. The van der Waals surface area contributed by atoms with Crippen LogP contribution >= 0.6 is 22.7 Å². The second kappa shape index (κ2) is 18.8. The lowest BCUT2D eigenvalue weighted by molar-refractivity contribution is -0.110.